The number of anilines is 2. The van der Waals surface area contributed by atoms with Crippen LogP contribution in [0.3, 0.4) is 0 Å². The molecule has 212 valence electrons. The molecule has 2 aromatic rings. The molecule has 4 amide bonds. The highest BCUT2D eigenvalue weighted by molar-refractivity contribution is 8.19. The summed E-state index contributed by atoms with van der Waals surface area (Å²) in [4.78, 5) is 51.5. The van der Waals surface area contributed by atoms with Gasteiger partial charge in [-0.25, -0.2) is 18.0 Å². The van der Waals surface area contributed by atoms with E-state index in [-0.39, 0.29) is 12.8 Å². The number of thioether (sulfide) groups is 2. The number of aryl methyl sites for hydroxylation is 2. The number of carbonyl (C=O) groups excluding carboxylic acids is 4. The van der Waals surface area contributed by atoms with E-state index in [0.717, 1.165) is 11.1 Å². The van der Waals surface area contributed by atoms with Crippen molar-refractivity contribution in [1.82, 2.24) is 10.6 Å². The first-order valence-corrected chi connectivity index (χ1v) is 16.3. The molecule has 0 aliphatic rings. The molecule has 2 rings (SSSR count). The fourth-order valence-corrected chi connectivity index (χ4v) is 5.78. The molecular formula is C26H34N4O6S3. The summed E-state index contributed by atoms with van der Waals surface area (Å²) in [7, 11) is -5.03. The molecule has 0 aliphatic carbocycles. The van der Waals surface area contributed by atoms with Gasteiger partial charge in [-0.3, -0.25) is 9.59 Å². The van der Waals surface area contributed by atoms with Gasteiger partial charge in [-0.2, -0.15) is 23.5 Å². The van der Waals surface area contributed by atoms with E-state index >= 15 is 0 Å². The monoisotopic (exact) mass is 594 g/mol. The van der Waals surface area contributed by atoms with Gasteiger partial charge in [-0.15, -0.1) is 0 Å². The third-order valence-electron chi connectivity index (χ3n) is 5.48. The first-order valence-electron chi connectivity index (χ1n) is 12.1. The van der Waals surface area contributed by atoms with Crippen LogP contribution in [0.15, 0.2) is 48.5 Å². The number of benzene rings is 2. The largest absolute Gasteiger partial charge is 0.327 e. The summed E-state index contributed by atoms with van der Waals surface area (Å²) in [6.07, 6.45) is 3.52. The molecule has 0 aromatic heterocycles. The summed E-state index contributed by atoms with van der Waals surface area (Å²) in [5.41, 5.74) is 2.71. The number of hydrogen-bond acceptors (Lipinski definition) is 8. The standard InChI is InChI=1S/C26H34N4O6S3/c1-17-7-5-9-19(15-17)27-25(33)29-21(11-13-37-3)23(31)39(35,36)24(32)22(12-14-38-4)30-26(34)28-20-10-6-8-18(2)16-20/h5-10,15-16,21-22H,11-14H2,1-4H3,(H2,27,29,33)(H2,28,30,34)/t21-,22-/m0/s1. The summed E-state index contributed by atoms with van der Waals surface area (Å²) >= 11 is 2.71. The number of rotatable bonds is 12. The van der Waals surface area contributed by atoms with Crippen LogP contribution in [-0.4, -0.2) is 66.8 Å². The van der Waals surface area contributed by atoms with Gasteiger partial charge < -0.3 is 21.3 Å². The maximum Gasteiger partial charge on any atom is 0.319 e. The first kappa shape index (κ1) is 32.2. The third kappa shape index (κ3) is 10.2. The molecule has 2 aromatic carbocycles. The van der Waals surface area contributed by atoms with Crippen molar-refractivity contribution in [2.24, 2.45) is 0 Å². The highest BCUT2D eigenvalue weighted by Crippen LogP contribution is 2.15. The van der Waals surface area contributed by atoms with Crippen molar-refractivity contribution in [2.75, 3.05) is 34.7 Å². The highest BCUT2D eigenvalue weighted by atomic mass is 32.2. The van der Waals surface area contributed by atoms with Crippen LogP contribution in [0, 0.1) is 13.8 Å². The summed E-state index contributed by atoms with van der Waals surface area (Å²) < 4.78 is 26.3. The Morgan fingerprint density at radius 3 is 1.44 bits per heavy atom. The van der Waals surface area contributed by atoms with Crippen molar-refractivity contribution < 1.29 is 27.6 Å². The number of hydrogen-bond donors (Lipinski definition) is 4. The Bertz CT molecular complexity index is 1190. The van der Waals surface area contributed by atoms with Crippen molar-refractivity contribution in [2.45, 2.75) is 38.8 Å². The first-order chi connectivity index (χ1) is 18.5. The number of sulfone groups is 1. The number of nitrogens with one attached hydrogen (secondary N) is 4. The summed E-state index contributed by atoms with van der Waals surface area (Å²) in [5, 5.41) is 7.09. The Labute approximate surface area is 237 Å². The molecule has 0 heterocycles. The van der Waals surface area contributed by atoms with E-state index in [1.165, 1.54) is 23.5 Å². The van der Waals surface area contributed by atoms with Gasteiger partial charge in [-0.05, 0) is 86.1 Å². The average Bonchev–Trinajstić information content (AvgIpc) is 2.88. The van der Waals surface area contributed by atoms with Gasteiger partial charge in [0.1, 0.15) is 12.1 Å². The van der Waals surface area contributed by atoms with E-state index in [4.69, 9.17) is 0 Å². The maximum atomic E-state index is 13.2. The van der Waals surface area contributed by atoms with Crippen molar-refractivity contribution in [3.63, 3.8) is 0 Å². The van der Waals surface area contributed by atoms with Gasteiger partial charge >= 0.3 is 12.1 Å². The molecule has 0 fully saturated rings. The molecule has 0 saturated carbocycles. The topological polar surface area (TPSA) is 151 Å². The normalized spacial score (nSPS) is 12.6. The molecular weight excluding hydrogens is 561 g/mol. The lowest BCUT2D eigenvalue weighted by atomic mass is 10.2. The molecule has 0 unspecified atom stereocenters. The average molecular weight is 595 g/mol. The Morgan fingerprint density at radius 2 is 1.10 bits per heavy atom. The highest BCUT2D eigenvalue weighted by Gasteiger charge is 2.41. The second-order valence-corrected chi connectivity index (χ2v) is 12.5. The molecule has 0 radical (unpaired) electrons. The van der Waals surface area contributed by atoms with Crippen LogP contribution in [0.2, 0.25) is 0 Å². The molecule has 0 bridgehead atoms. The van der Waals surface area contributed by atoms with Gasteiger partial charge in [0.2, 0.25) is 0 Å². The molecule has 10 nitrogen and oxygen atoms in total. The lowest BCUT2D eigenvalue weighted by molar-refractivity contribution is -0.116. The second-order valence-electron chi connectivity index (χ2n) is 8.75. The maximum absolute atomic E-state index is 13.2. The second kappa shape index (κ2) is 15.5. The molecule has 2 atom stereocenters. The van der Waals surface area contributed by atoms with E-state index in [9.17, 15) is 27.6 Å². The zero-order valence-electron chi connectivity index (χ0n) is 22.3. The van der Waals surface area contributed by atoms with Crippen LogP contribution in [-0.2, 0) is 19.4 Å². The van der Waals surface area contributed by atoms with Crippen LogP contribution in [0.1, 0.15) is 24.0 Å². The van der Waals surface area contributed by atoms with E-state index in [1.807, 2.05) is 26.0 Å². The molecule has 13 heteroatoms. The van der Waals surface area contributed by atoms with E-state index in [2.05, 4.69) is 21.3 Å². The van der Waals surface area contributed by atoms with Crippen LogP contribution >= 0.6 is 23.5 Å². The quantitative estimate of drug-likeness (QED) is 0.288. The minimum Gasteiger partial charge on any atom is -0.327 e. The van der Waals surface area contributed by atoms with Crippen molar-refractivity contribution in [1.29, 1.82) is 0 Å². The summed E-state index contributed by atoms with van der Waals surface area (Å²) in [6.45, 7) is 3.68. The summed E-state index contributed by atoms with van der Waals surface area (Å²) in [5.74, 6) is 0.718. The fourth-order valence-electron chi connectivity index (χ4n) is 3.54. The molecule has 39 heavy (non-hydrogen) atoms. The van der Waals surface area contributed by atoms with E-state index in [0.29, 0.717) is 22.9 Å². The van der Waals surface area contributed by atoms with Crippen LogP contribution in [0.4, 0.5) is 21.0 Å². The number of carbonyl (C=O) groups is 4. The molecule has 0 saturated heterocycles. The molecule has 0 aliphatic heterocycles. The lowest BCUT2D eigenvalue weighted by Crippen LogP contribution is -2.52. The SMILES string of the molecule is CSCC[C@H](NC(=O)Nc1cccc(C)c1)C(=O)S(=O)(=O)C(=O)[C@H](CCSC)NC(=O)Nc1cccc(C)c1. The zero-order valence-corrected chi connectivity index (χ0v) is 24.7. The van der Waals surface area contributed by atoms with Crippen molar-refractivity contribution in [3.8, 4) is 0 Å². The Kier molecular flexibility index (Phi) is 12.8. The third-order valence-corrected chi connectivity index (χ3v) is 8.40. The van der Waals surface area contributed by atoms with Gasteiger partial charge in [0.25, 0.3) is 20.1 Å². The molecule has 0 spiro atoms. The fraction of sp³-hybridized carbons (Fsp3) is 0.385. The molecule has 4 N–H and O–H groups in total. The summed E-state index contributed by atoms with van der Waals surface area (Å²) in [6, 6.07) is 9.40. The minimum absolute atomic E-state index is 0.00943. The van der Waals surface area contributed by atoms with Crippen LogP contribution in [0.25, 0.3) is 0 Å². The van der Waals surface area contributed by atoms with Crippen LogP contribution in [0.5, 0.6) is 0 Å². The van der Waals surface area contributed by atoms with Gasteiger partial charge in [0.15, 0.2) is 0 Å². The Hall–Kier alpha value is -3.03. The van der Waals surface area contributed by atoms with Crippen molar-refractivity contribution >= 4 is 67.0 Å². The predicted molar refractivity (Wildman–Crippen MR) is 159 cm³/mol. The lowest BCUT2D eigenvalue weighted by Gasteiger charge is -2.20. The van der Waals surface area contributed by atoms with Crippen LogP contribution < -0.4 is 21.3 Å². The van der Waals surface area contributed by atoms with E-state index < -0.39 is 44.2 Å². The number of urea groups is 2. The smallest absolute Gasteiger partial charge is 0.319 e. The Morgan fingerprint density at radius 1 is 0.718 bits per heavy atom. The van der Waals surface area contributed by atoms with Crippen molar-refractivity contribution in [3.05, 3.63) is 59.7 Å². The number of amides is 4. The van der Waals surface area contributed by atoms with E-state index in [1.54, 1.807) is 48.9 Å². The van der Waals surface area contributed by atoms with Gasteiger partial charge in [-0.1, -0.05) is 24.3 Å². The predicted octanol–water partition coefficient (Wildman–Crippen LogP) is 3.96. The van der Waals surface area contributed by atoms with Gasteiger partial charge in [0.05, 0.1) is 0 Å². The zero-order chi connectivity index (χ0) is 29.0. The van der Waals surface area contributed by atoms with Gasteiger partial charge in [0, 0.05) is 11.4 Å². The minimum atomic E-state index is -5.03. The Balaban J connectivity index is 2.19.